The molecule has 4 saturated carbocycles. The second-order valence-electron chi connectivity index (χ2n) is 7.68. The average molecular weight is 333 g/mol. The molecule has 0 saturated heterocycles. The molecule has 0 N–H and O–H groups in total. The van der Waals surface area contributed by atoms with Crippen LogP contribution in [0.1, 0.15) is 48.9 Å². The largest absolute Gasteiger partial charge is 0.454 e. The molecule has 0 atom stereocenters. The minimum absolute atomic E-state index is 0.115. The molecule has 122 valence electrons. The summed E-state index contributed by atoms with van der Waals surface area (Å²) in [5.74, 6) is 1.75. The molecular weight excluding hydrogens is 312 g/mol. The van der Waals surface area contributed by atoms with Gasteiger partial charge in [-0.15, -0.1) is 0 Å². The third-order valence-electron chi connectivity index (χ3n) is 6.06. The van der Waals surface area contributed by atoms with E-state index >= 15 is 0 Å². The van der Waals surface area contributed by atoms with Crippen LogP contribution in [0.3, 0.4) is 0 Å². The van der Waals surface area contributed by atoms with Crippen LogP contribution < -0.4 is 0 Å². The van der Waals surface area contributed by atoms with E-state index in [9.17, 15) is 9.59 Å². The normalized spacial score (nSPS) is 34.4. The molecule has 23 heavy (non-hydrogen) atoms. The summed E-state index contributed by atoms with van der Waals surface area (Å²) in [6.07, 6.45) is 6.90. The first kappa shape index (κ1) is 15.2. The molecule has 0 aliphatic heterocycles. The van der Waals surface area contributed by atoms with Crippen molar-refractivity contribution in [3.8, 4) is 0 Å². The Morgan fingerprint density at radius 3 is 2.17 bits per heavy atom. The van der Waals surface area contributed by atoms with Crippen LogP contribution in [0.15, 0.2) is 24.3 Å². The van der Waals surface area contributed by atoms with Crippen LogP contribution in [0, 0.1) is 23.2 Å². The summed E-state index contributed by atoms with van der Waals surface area (Å²) in [5.41, 5.74) is 0.114. The van der Waals surface area contributed by atoms with Gasteiger partial charge in [0.1, 0.15) is 0 Å². The number of rotatable bonds is 4. The number of ether oxygens (including phenoxy) is 1. The first-order valence-electron chi connectivity index (χ1n) is 8.51. The number of esters is 1. The zero-order valence-electron chi connectivity index (χ0n) is 13.1. The summed E-state index contributed by atoms with van der Waals surface area (Å²) in [6.45, 7) is -0.115. The number of carbonyl (C=O) groups excluding carboxylic acids is 2. The van der Waals surface area contributed by atoms with Crippen LogP contribution in [0.4, 0.5) is 0 Å². The number of halogens is 1. The Balaban J connectivity index is 1.43. The van der Waals surface area contributed by atoms with Gasteiger partial charge in [-0.1, -0.05) is 23.7 Å². The lowest BCUT2D eigenvalue weighted by molar-refractivity contribution is -0.147. The van der Waals surface area contributed by atoms with Crippen LogP contribution >= 0.6 is 11.6 Å². The molecule has 0 unspecified atom stereocenters. The molecule has 4 heteroatoms. The number of carbonyl (C=O) groups is 2. The predicted molar refractivity (Wildman–Crippen MR) is 87.3 cm³/mol. The molecule has 0 spiro atoms. The molecule has 1 aromatic rings. The zero-order chi connectivity index (χ0) is 16.0. The van der Waals surface area contributed by atoms with Crippen LogP contribution in [-0.4, -0.2) is 18.4 Å². The van der Waals surface area contributed by atoms with Gasteiger partial charge in [0.15, 0.2) is 12.4 Å². The van der Waals surface area contributed by atoms with Gasteiger partial charge >= 0.3 is 5.97 Å². The van der Waals surface area contributed by atoms with Crippen molar-refractivity contribution in [2.24, 2.45) is 23.2 Å². The molecule has 3 nitrogen and oxygen atoms in total. The molecule has 0 aromatic heterocycles. The van der Waals surface area contributed by atoms with Crippen LogP contribution in [0.25, 0.3) is 0 Å². The van der Waals surface area contributed by atoms with Crippen molar-refractivity contribution in [3.05, 3.63) is 34.9 Å². The summed E-state index contributed by atoms with van der Waals surface area (Å²) in [5, 5.41) is 0.361. The van der Waals surface area contributed by atoms with Gasteiger partial charge in [-0.3, -0.25) is 4.79 Å². The van der Waals surface area contributed by atoms with E-state index in [2.05, 4.69) is 0 Å². The van der Waals surface area contributed by atoms with Crippen molar-refractivity contribution in [3.63, 3.8) is 0 Å². The lowest BCUT2D eigenvalue weighted by atomic mass is 9.48. The van der Waals surface area contributed by atoms with E-state index in [0.717, 1.165) is 19.3 Å². The van der Waals surface area contributed by atoms with Gasteiger partial charge in [0.25, 0.3) is 0 Å². The summed E-state index contributed by atoms with van der Waals surface area (Å²) in [4.78, 5) is 24.9. The van der Waals surface area contributed by atoms with Crippen molar-refractivity contribution in [2.45, 2.75) is 38.5 Å². The average Bonchev–Trinajstić information content (AvgIpc) is 2.51. The highest BCUT2D eigenvalue weighted by molar-refractivity contribution is 6.33. The summed E-state index contributed by atoms with van der Waals surface area (Å²) in [7, 11) is 0. The van der Waals surface area contributed by atoms with Gasteiger partial charge in [0.2, 0.25) is 0 Å². The maximum Gasteiger partial charge on any atom is 0.340 e. The highest BCUT2D eigenvalue weighted by Gasteiger charge is 2.54. The van der Waals surface area contributed by atoms with Gasteiger partial charge in [-0.25, -0.2) is 4.79 Å². The van der Waals surface area contributed by atoms with E-state index in [0.29, 0.717) is 28.3 Å². The van der Waals surface area contributed by atoms with Gasteiger partial charge in [-0.05, 0) is 68.4 Å². The number of Topliss-reactive ketones (excluding diaryl/α,β-unsaturated/α-hetero) is 1. The van der Waals surface area contributed by atoms with Crippen molar-refractivity contribution in [1.82, 2.24) is 0 Å². The summed E-state index contributed by atoms with van der Waals surface area (Å²) >= 11 is 6.01. The van der Waals surface area contributed by atoms with E-state index in [-0.39, 0.29) is 17.8 Å². The number of ketones is 1. The van der Waals surface area contributed by atoms with E-state index < -0.39 is 5.97 Å². The standard InChI is InChI=1S/C19H21ClO3/c20-16-4-2-1-3-15(16)18(22)23-11-17(21)19-8-12-5-13(9-19)7-14(6-12)10-19/h1-4,12-14H,5-11H2. The lowest BCUT2D eigenvalue weighted by Crippen LogP contribution is -2.51. The molecule has 4 bridgehead atoms. The zero-order valence-corrected chi connectivity index (χ0v) is 13.8. The quantitative estimate of drug-likeness (QED) is 0.773. The lowest BCUT2D eigenvalue weighted by Gasteiger charge is -2.55. The molecule has 0 heterocycles. The Labute approximate surface area is 141 Å². The highest BCUT2D eigenvalue weighted by Crippen LogP contribution is 2.60. The van der Waals surface area contributed by atoms with Crippen molar-refractivity contribution in [1.29, 1.82) is 0 Å². The fourth-order valence-electron chi connectivity index (χ4n) is 5.44. The molecule has 4 aliphatic rings. The number of hydrogen-bond acceptors (Lipinski definition) is 3. The van der Waals surface area contributed by atoms with E-state index in [4.69, 9.17) is 16.3 Å². The van der Waals surface area contributed by atoms with Gasteiger partial charge in [0.05, 0.1) is 10.6 Å². The van der Waals surface area contributed by atoms with Crippen LogP contribution in [0.5, 0.6) is 0 Å². The molecule has 1 aromatic carbocycles. The van der Waals surface area contributed by atoms with Gasteiger partial charge < -0.3 is 4.74 Å². The molecule has 4 aliphatic carbocycles. The Hall–Kier alpha value is -1.35. The predicted octanol–water partition coefficient (Wildman–Crippen LogP) is 4.28. The maximum absolute atomic E-state index is 12.8. The third kappa shape index (κ3) is 2.69. The minimum Gasteiger partial charge on any atom is -0.454 e. The molecular formula is C19H21ClO3. The second kappa shape index (κ2) is 5.62. The second-order valence-corrected chi connectivity index (χ2v) is 8.08. The Kier molecular flexibility index (Phi) is 3.72. The minimum atomic E-state index is -0.506. The van der Waals surface area contributed by atoms with Gasteiger partial charge in [-0.2, -0.15) is 0 Å². The molecule has 0 radical (unpaired) electrons. The monoisotopic (exact) mass is 332 g/mol. The molecule has 0 amide bonds. The van der Waals surface area contributed by atoms with E-state index in [1.165, 1.54) is 19.3 Å². The van der Waals surface area contributed by atoms with Crippen LogP contribution in [-0.2, 0) is 9.53 Å². The fourth-order valence-corrected chi connectivity index (χ4v) is 5.65. The Morgan fingerprint density at radius 1 is 1.04 bits per heavy atom. The number of benzene rings is 1. The molecule has 5 rings (SSSR count). The fraction of sp³-hybridized carbons (Fsp3) is 0.579. The Bertz CT molecular complexity index is 616. The topological polar surface area (TPSA) is 43.4 Å². The summed E-state index contributed by atoms with van der Waals surface area (Å²) in [6, 6.07) is 6.78. The Morgan fingerprint density at radius 2 is 1.61 bits per heavy atom. The highest BCUT2D eigenvalue weighted by atomic mass is 35.5. The summed E-state index contributed by atoms with van der Waals surface area (Å²) < 4.78 is 5.29. The first-order chi connectivity index (χ1) is 11.1. The third-order valence-corrected chi connectivity index (χ3v) is 6.39. The van der Waals surface area contributed by atoms with Crippen molar-refractivity contribution < 1.29 is 14.3 Å². The SMILES string of the molecule is O=C(OCC(=O)C12CC3CC(CC(C3)C1)C2)c1ccccc1Cl. The van der Waals surface area contributed by atoms with Gasteiger partial charge in [0, 0.05) is 5.41 Å². The first-order valence-corrected chi connectivity index (χ1v) is 8.88. The van der Waals surface area contributed by atoms with Crippen molar-refractivity contribution in [2.75, 3.05) is 6.61 Å². The van der Waals surface area contributed by atoms with Crippen LogP contribution in [0.2, 0.25) is 5.02 Å². The molecule has 4 fully saturated rings. The number of hydrogen-bond donors (Lipinski definition) is 0. The van der Waals surface area contributed by atoms with Crippen molar-refractivity contribution >= 4 is 23.4 Å². The maximum atomic E-state index is 12.8. The van der Waals surface area contributed by atoms with E-state index in [1.807, 2.05) is 0 Å². The van der Waals surface area contributed by atoms with E-state index in [1.54, 1.807) is 24.3 Å². The smallest absolute Gasteiger partial charge is 0.340 e.